The van der Waals surface area contributed by atoms with Crippen molar-refractivity contribution in [2.75, 3.05) is 11.9 Å². The fourth-order valence-corrected chi connectivity index (χ4v) is 2.09. The molecule has 3 nitrogen and oxygen atoms in total. The number of hydrogen-bond acceptors (Lipinski definition) is 3. The molecule has 2 aromatic rings. The van der Waals surface area contributed by atoms with Crippen molar-refractivity contribution in [3.8, 4) is 5.75 Å². The highest BCUT2D eigenvalue weighted by Crippen LogP contribution is 2.26. The van der Waals surface area contributed by atoms with Gasteiger partial charge in [-0.15, -0.1) is 0 Å². The van der Waals surface area contributed by atoms with Crippen molar-refractivity contribution in [3.05, 3.63) is 53.6 Å². The van der Waals surface area contributed by atoms with Gasteiger partial charge < -0.3 is 15.8 Å². The number of hydrogen-bond donors (Lipinski definition) is 2. The van der Waals surface area contributed by atoms with E-state index in [-0.39, 0.29) is 16.3 Å². The molecule has 0 radical (unpaired) electrons. The Hall–Kier alpha value is -2.21. The zero-order chi connectivity index (χ0) is 15.4. The number of halogens is 2. The van der Waals surface area contributed by atoms with Crippen LogP contribution in [0.1, 0.15) is 12.5 Å². The van der Waals surface area contributed by atoms with Gasteiger partial charge in [-0.3, -0.25) is 0 Å². The summed E-state index contributed by atoms with van der Waals surface area (Å²) in [4.78, 5) is -0.0676. The van der Waals surface area contributed by atoms with E-state index in [0.29, 0.717) is 18.0 Å². The van der Waals surface area contributed by atoms with Crippen LogP contribution < -0.4 is 15.8 Å². The summed E-state index contributed by atoms with van der Waals surface area (Å²) in [5.74, 6) is -0.870. The van der Waals surface area contributed by atoms with Gasteiger partial charge in [-0.05, 0) is 31.2 Å². The van der Waals surface area contributed by atoms with Crippen LogP contribution in [0.15, 0.2) is 36.4 Å². The maximum absolute atomic E-state index is 13.8. The maximum atomic E-state index is 13.8. The fraction of sp³-hybridized carbons (Fsp3) is 0.133. The topological polar surface area (TPSA) is 47.3 Å². The Kier molecular flexibility index (Phi) is 4.70. The SMILES string of the molecule is CCOc1ccc(Nc2cccc(F)c2C(N)=S)cc1F. The number of ether oxygens (including phenoxy) is 1. The number of nitrogens with two attached hydrogens (primary N) is 1. The van der Waals surface area contributed by atoms with Gasteiger partial charge in [-0.1, -0.05) is 18.3 Å². The van der Waals surface area contributed by atoms with Crippen molar-refractivity contribution in [1.82, 2.24) is 0 Å². The van der Waals surface area contributed by atoms with Crippen LogP contribution in [-0.2, 0) is 0 Å². The van der Waals surface area contributed by atoms with Crippen molar-refractivity contribution in [3.63, 3.8) is 0 Å². The van der Waals surface area contributed by atoms with Gasteiger partial charge in [0.2, 0.25) is 0 Å². The molecule has 21 heavy (non-hydrogen) atoms. The number of nitrogens with one attached hydrogen (secondary N) is 1. The molecule has 0 heterocycles. The van der Waals surface area contributed by atoms with E-state index in [2.05, 4.69) is 5.32 Å². The van der Waals surface area contributed by atoms with Crippen LogP contribution in [0.2, 0.25) is 0 Å². The summed E-state index contributed by atoms with van der Waals surface area (Å²) in [6.07, 6.45) is 0. The zero-order valence-corrected chi connectivity index (χ0v) is 12.1. The molecule has 0 fully saturated rings. The fourth-order valence-electron chi connectivity index (χ4n) is 1.89. The molecule has 6 heteroatoms. The second kappa shape index (κ2) is 6.49. The molecule has 0 atom stereocenters. The maximum Gasteiger partial charge on any atom is 0.167 e. The lowest BCUT2D eigenvalue weighted by atomic mass is 10.1. The predicted octanol–water partition coefficient (Wildman–Crippen LogP) is 3.74. The molecule has 0 amide bonds. The molecule has 0 bridgehead atoms. The molecule has 0 aliphatic rings. The lowest BCUT2D eigenvalue weighted by Crippen LogP contribution is -2.14. The van der Waals surface area contributed by atoms with Gasteiger partial charge in [0, 0.05) is 11.8 Å². The summed E-state index contributed by atoms with van der Waals surface area (Å²) >= 11 is 4.84. The minimum Gasteiger partial charge on any atom is -0.491 e. The normalized spacial score (nSPS) is 10.2. The highest BCUT2D eigenvalue weighted by Gasteiger charge is 2.12. The lowest BCUT2D eigenvalue weighted by molar-refractivity contribution is 0.321. The molecular weight excluding hydrogens is 294 g/mol. The summed E-state index contributed by atoms with van der Waals surface area (Å²) in [5.41, 5.74) is 6.44. The van der Waals surface area contributed by atoms with E-state index in [1.54, 1.807) is 19.1 Å². The summed E-state index contributed by atoms with van der Waals surface area (Å²) in [6, 6.07) is 8.79. The van der Waals surface area contributed by atoms with Crippen molar-refractivity contribution in [2.45, 2.75) is 6.92 Å². The molecule has 0 saturated carbocycles. The molecule has 0 aliphatic carbocycles. The quantitative estimate of drug-likeness (QED) is 0.826. The van der Waals surface area contributed by atoms with Crippen LogP contribution in [-0.4, -0.2) is 11.6 Å². The smallest absolute Gasteiger partial charge is 0.167 e. The number of thiocarbonyl (C=S) groups is 1. The molecule has 2 rings (SSSR count). The molecule has 110 valence electrons. The molecular formula is C15H14F2N2OS. The van der Waals surface area contributed by atoms with Crippen LogP contribution >= 0.6 is 12.2 Å². The van der Waals surface area contributed by atoms with Crippen molar-refractivity contribution >= 4 is 28.6 Å². The van der Waals surface area contributed by atoms with Gasteiger partial charge in [-0.25, -0.2) is 8.78 Å². The van der Waals surface area contributed by atoms with Crippen LogP contribution in [0.3, 0.4) is 0 Å². The van der Waals surface area contributed by atoms with E-state index in [0.717, 1.165) is 0 Å². The Morgan fingerprint density at radius 2 is 2.00 bits per heavy atom. The van der Waals surface area contributed by atoms with E-state index in [1.165, 1.54) is 24.3 Å². The first-order valence-electron chi connectivity index (χ1n) is 6.30. The minimum atomic E-state index is -0.529. The van der Waals surface area contributed by atoms with Gasteiger partial charge in [0.25, 0.3) is 0 Å². The summed E-state index contributed by atoms with van der Waals surface area (Å²) < 4.78 is 32.7. The third-order valence-electron chi connectivity index (χ3n) is 2.77. The lowest BCUT2D eigenvalue weighted by Gasteiger charge is -2.13. The highest BCUT2D eigenvalue weighted by molar-refractivity contribution is 7.80. The van der Waals surface area contributed by atoms with Gasteiger partial charge in [0.15, 0.2) is 11.6 Å². The molecule has 0 unspecified atom stereocenters. The van der Waals surface area contributed by atoms with Gasteiger partial charge in [0.1, 0.15) is 10.8 Å². The Morgan fingerprint density at radius 3 is 2.62 bits per heavy atom. The second-order valence-corrected chi connectivity index (χ2v) is 4.67. The average molecular weight is 308 g/mol. The van der Waals surface area contributed by atoms with Crippen molar-refractivity contribution in [1.29, 1.82) is 0 Å². The second-order valence-electron chi connectivity index (χ2n) is 4.23. The van der Waals surface area contributed by atoms with Crippen LogP contribution in [0.5, 0.6) is 5.75 Å². The Labute approximate surface area is 126 Å². The van der Waals surface area contributed by atoms with Crippen molar-refractivity contribution < 1.29 is 13.5 Å². The zero-order valence-electron chi connectivity index (χ0n) is 11.3. The molecule has 0 aliphatic heterocycles. The molecule has 0 spiro atoms. The molecule has 0 saturated heterocycles. The monoisotopic (exact) mass is 308 g/mol. The number of rotatable bonds is 5. The standard InChI is InChI=1S/C15H14F2N2OS/c1-2-20-13-7-6-9(8-11(13)17)19-12-5-3-4-10(16)14(12)15(18)21/h3-8,19H,2H2,1H3,(H2,18,21). The van der Waals surface area contributed by atoms with E-state index in [4.69, 9.17) is 22.7 Å². The highest BCUT2D eigenvalue weighted by atomic mass is 32.1. The van der Waals surface area contributed by atoms with Gasteiger partial charge in [-0.2, -0.15) is 0 Å². The van der Waals surface area contributed by atoms with E-state index < -0.39 is 11.6 Å². The molecule has 2 aromatic carbocycles. The van der Waals surface area contributed by atoms with Crippen LogP contribution in [0.4, 0.5) is 20.2 Å². The number of anilines is 2. The van der Waals surface area contributed by atoms with Crippen molar-refractivity contribution in [2.24, 2.45) is 5.73 Å². The van der Waals surface area contributed by atoms with Gasteiger partial charge in [0.05, 0.1) is 17.9 Å². The van der Waals surface area contributed by atoms with Gasteiger partial charge >= 0.3 is 0 Å². The third-order valence-corrected chi connectivity index (χ3v) is 2.97. The number of benzene rings is 2. The largest absolute Gasteiger partial charge is 0.491 e. The third kappa shape index (κ3) is 3.46. The van der Waals surface area contributed by atoms with Crippen LogP contribution in [0, 0.1) is 11.6 Å². The first kappa shape index (κ1) is 15.2. The Morgan fingerprint density at radius 1 is 1.24 bits per heavy atom. The summed E-state index contributed by atoms with van der Waals surface area (Å²) in [5, 5.41) is 2.90. The minimum absolute atomic E-state index is 0.0676. The summed E-state index contributed by atoms with van der Waals surface area (Å²) in [6.45, 7) is 2.14. The van der Waals surface area contributed by atoms with Crippen LogP contribution in [0.25, 0.3) is 0 Å². The van der Waals surface area contributed by atoms with E-state index >= 15 is 0 Å². The van der Waals surface area contributed by atoms with E-state index in [9.17, 15) is 8.78 Å². The first-order valence-corrected chi connectivity index (χ1v) is 6.71. The average Bonchev–Trinajstić information content (AvgIpc) is 2.41. The molecule has 3 N–H and O–H groups in total. The first-order chi connectivity index (χ1) is 10.0. The summed E-state index contributed by atoms with van der Waals surface area (Å²) in [7, 11) is 0. The Bertz CT molecular complexity index is 677. The van der Waals surface area contributed by atoms with E-state index in [1.807, 2.05) is 0 Å². The Balaban J connectivity index is 2.33. The molecule has 0 aromatic heterocycles. The predicted molar refractivity (Wildman–Crippen MR) is 83.1 cm³/mol.